The maximum absolute atomic E-state index is 2.55. The highest BCUT2D eigenvalue weighted by Crippen LogP contribution is 2.18. The van der Waals surface area contributed by atoms with Crippen molar-refractivity contribution < 1.29 is 0 Å². The zero-order chi connectivity index (χ0) is 17.5. The van der Waals surface area contributed by atoms with E-state index in [1.807, 2.05) is 0 Å². The first-order chi connectivity index (χ1) is 10.5. The Kier molecular flexibility index (Phi) is 5.07. The molecule has 2 rings (SSSR count). The van der Waals surface area contributed by atoms with Crippen LogP contribution in [0.5, 0.6) is 0 Å². The van der Waals surface area contributed by atoms with E-state index in [-0.39, 0.29) is 0 Å². The maximum Gasteiger partial charge on any atom is 0.341 e. The molecule has 2 aromatic rings. The van der Waals surface area contributed by atoms with Gasteiger partial charge in [-0.05, 0) is 83.4 Å². The van der Waals surface area contributed by atoms with Gasteiger partial charge in [0.25, 0.3) is 0 Å². The first-order valence-corrected chi connectivity index (χ1v) is 14.6. The molecule has 0 radical (unpaired) electrons. The summed E-state index contributed by atoms with van der Waals surface area (Å²) >= 11 is 0. The molecule has 0 spiro atoms. The van der Waals surface area contributed by atoms with E-state index in [1.165, 1.54) is 33.4 Å². The minimum absolute atomic E-state index is 0.730. The Morgan fingerprint density at radius 2 is 0.826 bits per heavy atom. The predicted molar refractivity (Wildman–Crippen MR) is 110 cm³/mol. The first-order valence-electron chi connectivity index (χ1n) is 8.56. The van der Waals surface area contributed by atoms with Crippen LogP contribution in [0.15, 0.2) is 24.3 Å². The maximum atomic E-state index is 2.55. The second kappa shape index (κ2) is 6.41. The molecule has 0 fully saturated rings. The van der Waals surface area contributed by atoms with E-state index in [2.05, 4.69) is 85.4 Å². The minimum Gasteiger partial charge on any atom is -0.0534 e. The van der Waals surface area contributed by atoms with Crippen LogP contribution in [0.4, 0.5) is 0 Å². The third kappa shape index (κ3) is 3.69. The average Bonchev–Trinajstić information content (AvgIpc) is 2.33. The largest absolute Gasteiger partial charge is 0.341 e. The highest BCUT2D eigenvalue weighted by molar-refractivity contribution is 7.41. The fourth-order valence-corrected chi connectivity index (χ4v) is 14.5. The summed E-state index contributed by atoms with van der Waals surface area (Å²) in [6, 6.07) is 9.52. The fourth-order valence-electron chi connectivity index (χ4n) is 4.02. The van der Waals surface area contributed by atoms with E-state index >= 15 is 0 Å². The van der Waals surface area contributed by atoms with Gasteiger partial charge in [0.05, 0.1) is 10.4 Å². The van der Waals surface area contributed by atoms with Crippen molar-refractivity contribution >= 4 is 26.3 Å². The summed E-state index contributed by atoms with van der Waals surface area (Å²) in [7, 11) is -2.06. The number of hydrogen-bond donors (Lipinski definition) is 0. The van der Waals surface area contributed by atoms with E-state index in [1.54, 1.807) is 10.4 Å². The molecule has 0 aromatic heterocycles. The zero-order valence-electron chi connectivity index (χ0n) is 16.3. The Bertz CT molecular complexity index is 632. The topological polar surface area (TPSA) is 0 Å². The van der Waals surface area contributed by atoms with Gasteiger partial charge in [0.1, 0.15) is 0 Å². The van der Waals surface area contributed by atoms with Gasteiger partial charge in [-0.25, -0.2) is 0 Å². The lowest BCUT2D eigenvalue weighted by molar-refractivity contribution is 1.34. The van der Waals surface area contributed by atoms with Gasteiger partial charge in [-0.2, -0.15) is 0 Å². The Balaban J connectivity index is 2.81. The SMILES string of the molecule is Cc1cc(C)c([Si+](c2c(C)cc(C)cc2C)[Si](C)(C)C)c(C)c1. The van der Waals surface area contributed by atoms with E-state index in [0.29, 0.717) is 0 Å². The van der Waals surface area contributed by atoms with Crippen molar-refractivity contribution in [3.8, 4) is 0 Å². The fraction of sp³-hybridized carbons (Fsp3) is 0.429. The van der Waals surface area contributed by atoms with Crippen LogP contribution in [0.25, 0.3) is 0 Å². The standard InChI is InChI=1S/C21H31Si2/c1-14-10-16(3)20(17(4)11-14)22(23(7,8)9)21-18(5)12-15(2)13-19(21)6/h10-13H,1-9H3/q+1. The number of benzene rings is 2. The lowest BCUT2D eigenvalue weighted by Gasteiger charge is -2.21. The van der Waals surface area contributed by atoms with Crippen LogP contribution in [0.2, 0.25) is 19.6 Å². The van der Waals surface area contributed by atoms with Crippen LogP contribution in [-0.2, 0) is 0 Å². The van der Waals surface area contributed by atoms with E-state index in [0.717, 1.165) is 0 Å². The number of hydrogen-bond acceptors (Lipinski definition) is 0. The molecular formula is C21H31Si2+. The smallest absolute Gasteiger partial charge is 0.0534 e. The second-order valence-electron chi connectivity index (χ2n) is 8.17. The molecule has 0 aliphatic carbocycles. The zero-order valence-corrected chi connectivity index (χ0v) is 18.3. The Labute approximate surface area is 145 Å². The van der Waals surface area contributed by atoms with Gasteiger partial charge in [-0.15, -0.1) is 0 Å². The van der Waals surface area contributed by atoms with Crippen molar-refractivity contribution in [3.63, 3.8) is 0 Å². The normalized spacial score (nSPS) is 11.7. The van der Waals surface area contributed by atoms with E-state index in [4.69, 9.17) is 0 Å². The molecular weight excluding hydrogens is 308 g/mol. The van der Waals surface area contributed by atoms with Crippen molar-refractivity contribution in [1.29, 1.82) is 0 Å². The number of aryl methyl sites for hydroxylation is 6. The molecule has 0 N–H and O–H groups in total. The molecule has 0 saturated heterocycles. The van der Waals surface area contributed by atoms with Crippen molar-refractivity contribution in [2.24, 2.45) is 0 Å². The van der Waals surface area contributed by atoms with Gasteiger partial charge in [-0.1, -0.05) is 35.4 Å². The summed E-state index contributed by atoms with van der Waals surface area (Å²) in [4.78, 5) is 0. The molecule has 0 unspecified atom stereocenters. The van der Waals surface area contributed by atoms with Crippen LogP contribution >= 0.6 is 0 Å². The summed E-state index contributed by atoms with van der Waals surface area (Å²) < 4.78 is 0. The average molecular weight is 340 g/mol. The summed E-state index contributed by atoms with van der Waals surface area (Å²) in [6.45, 7) is 21.4. The molecule has 0 aliphatic heterocycles. The second-order valence-corrected chi connectivity index (χ2v) is 20.4. The van der Waals surface area contributed by atoms with Crippen LogP contribution in [0.1, 0.15) is 33.4 Å². The van der Waals surface area contributed by atoms with Crippen LogP contribution in [0.3, 0.4) is 0 Å². The van der Waals surface area contributed by atoms with Crippen LogP contribution < -0.4 is 10.4 Å². The third-order valence-electron chi connectivity index (χ3n) is 4.60. The highest BCUT2D eigenvalue weighted by atomic mass is 29.2. The molecule has 0 saturated carbocycles. The van der Waals surface area contributed by atoms with Crippen molar-refractivity contribution in [3.05, 3.63) is 57.6 Å². The summed E-state index contributed by atoms with van der Waals surface area (Å²) in [5.41, 5.74) is 8.77. The molecule has 0 bridgehead atoms. The molecule has 0 atom stereocenters. The van der Waals surface area contributed by atoms with Crippen LogP contribution in [-0.4, -0.2) is 15.9 Å². The highest BCUT2D eigenvalue weighted by Gasteiger charge is 2.50. The van der Waals surface area contributed by atoms with Crippen molar-refractivity contribution in [2.45, 2.75) is 61.2 Å². The van der Waals surface area contributed by atoms with Gasteiger partial charge < -0.3 is 0 Å². The summed E-state index contributed by atoms with van der Waals surface area (Å²) in [6.07, 6.45) is 0. The monoisotopic (exact) mass is 339 g/mol. The summed E-state index contributed by atoms with van der Waals surface area (Å²) in [5, 5.41) is 3.35. The van der Waals surface area contributed by atoms with Gasteiger partial charge in [0.15, 0.2) is 0 Å². The molecule has 0 aliphatic rings. The number of rotatable bonds is 3. The van der Waals surface area contributed by atoms with E-state index in [9.17, 15) is 0 Å². The van der Waals surface area contributed by atoms with Gasteiger partial charge in [0.2, 0.25) is 7.59 Å². The molecule has 2 heteroatoms. The Morgan fingerprint density at radius 1 is 0.565 bits per heavy atom. The third-order valence-corrected chi connectivity index (χ3v) is 14.7. The Hall–Kier alpha value is -1.13. The predicted octanol–water partition coefficient (Wildman–Crippen LogP) is 4.56. The molecule has 0 nitrogen and oxygen atoms in total. The molecule has 122 valence electrons. The van der Waals surface area contributed by atoms with Gasteiger partial charge >= 0.3 is 8.31 Å². The molecule has 2 aromatic carbocycles. The van der Waals surface area contributed by atoms with Gasteiger partial charge in [0, 0.05) is 0 Å². The van der Waals surface area contributed by atoms with E-state index < -0.39 is 15.9 Å². The first kappa shape index (κ1) is 18.2. The lowest BCUT2D eigenvalue weighted by atomic mass is 10.1. The van der Waals surface area contributed by atoms with Crippen molar-refractivity contribution in [2.75, 3.05) is 0 Å². The molecule has 0 amide bonds. The minimum atomic E-state index is -1.33. The molecule has 23 heavy (non-hydrogen) atoms. The lowest BCUT2D eigenvalue weighted by Crippen LogP contribution is -2.62. The van der Waals surface area contributed by atoms with Crippen LogP contribution in [0, 0.1) is 41.5 Å². The quantitative estimate of drug-likeness (QED) is 0.719. The Morgan fingerprint density at radius 3 is 1.04 bits per heavy atom. The summed E-state index contributed by atoms with van der Waals surface area (Å²) in [5.74, 6) is 0. The van der Waals surface area contributed by atoms with Gasteiger partial charge in [-0.3, -0.25) is 0 Å². The van der Waals surface area contributed by atoms with Crippen molar-refractivity contribution in [1.82, 2.24) is 0 Å². The molecule has 0 heterocycles.